The van der Waals surface area contributed by atoms with Crippen LogP contribution in [0.1, 0.15) is 17.5 Å². The average Bonchev–Trinajstić information content (AvgIpc) is 2.38. The first-order chi connectivity index (χ1) is 8.77. The first-order valence-corrected chi connectivity index (χ1v) is 6.12. The largest absolute Gasteiger partial charge is 0.423 e. The molecule has 3 nitrogen and oxygen atoms in total. The lowest BCUT2D eigenvalue weighted by Gasteiger charge is -2.09. The molecule has 0 fully saturated rings. The molecule has 0 spiro atoms. The normalized spacial score (nSPS) is 10.7. The lowest BCUT2D eigenvalue weighted by molar-refractivity contribution is 0.549. The maximum absolute atomic E-state index is 12.0. The van der Waals surface area contributed by atoms with Crippen LogP contribution in [0, 0.1) is 0 Å². The molecule has 0 radical (unpaired) electrons. The van der Waals surface area contributed by atoms with Crippen LogP contribution in [-0.2, 0) is 12.8 Å². The first-order valence-electron chi connectivity index (χ1n) is 6.12. The third-order valence-electron chi connectivity index (χ3n) is 3.00. The zero-order chi connectivity index (χ0) is 13.0. The van der Waals surface area contributed by atoms with Crippen molar-refractivity contribution in [1.29, 1.82) is 0 Å². The quantitative estimate of drug-likeness (QED) is 0.648. The molecule has 94 valence electrons. The van der Waals surface area contributed by atoms with Gasteiger partial charge < -0.3 is 10.2 Å². The van der Waals surface area contributed by atoms with Crippen molar-refractivity contribution in [3.8, 4) is 0 Å². The number of aryl methyl sites for hydroxylation is 1. The summed E-state index contributed by atoms with van der Waals surface area (Å²) in [7, 11) is 0. The van der Waals surface area contributed by atoms with Gasteiger partial charge in [-0.3, -0.25) is 0 Å². The Morgan fingerprint density at radius 3 is 2.78 bits per heavy atom. The second-order valence-corrected chi connectivity index (χ2v) is 4.23. The fraction of sp³-hybridized carbons (Fsp3) is 0.267. The molecule has 0 unspecified atom stereocenters. The number of allylic oxidation sites excluding steroid dienone is 1. The molecule has 0 aliphatic rings. The number of hydrogen-bond donors (Lipinski definition) is 1. The van der Waals surface area contributed by atoms with Gasteiger partial charge in [0.05, 0.1) is 0 Å². The summed E-state index contributed by atoms with van der Waals surface area (Å²) in [5.74, 6) is 0. The summed E-state index contributed by atoms with van der Waals surface area (Å²) in [5, 5.41) is 1.00. The van der Waals surface area contributed by atoms with Crippen LogP contribution < -0.4 is 11.4 Å². The third kappa shape index (κ3) is 2.36. The van der Waals surface area contributed by atoms with Gasteiger partial charge in [0.1, 0.15) is 5.58 Å². The van der Waals surface area contributed by atoms with Gasteiger partial charge in [0, 0.05) is 10.9 Å². The maximum atomic E-state index is 12.0. The molecule has 1 aromatic heterocycles. The van der Waals surface area contributed by atoms with Gasteiger partial charge in [0.2, 0.25) is 0 Å². The van der Waals surface area contributed by atoms with E-state index in [0.29, 0.717) is 24.1 Å². The minimum absolute atomic E-state index is 0.263. The fourth-order valence-corrected chi connectivity index (χ4v) is 2.17. The van der Waals surface area contributed by atoms with Crippen LogP contribution in [0.4, 0.5) is 0 Å². The van der Waals surface area contributed by atoms with Crippen molar-refractivity contribution in [2.24, 2.45) is 5.73 Å². The van der Waals surface area contributed by atoms with Gasteiger partial charge >= 0.3 is 5.63 Å². The van der Waals surface area contributed by atoms with Crippen molar-refractivity contribution in [3.63, 3.8) is 0 Å². The lowest BCUT2D eigenvalue weighted by Crippen LogP contribution is -2.12. The van der Waals surface area contributed by atoms with Crippen molar-refractivity contribution in [3.05, 3.63) is 58.5 Å². The van der Waals surface area contributed by atoms with Gasteiger partial charge in [-0.15, -0.1) is 6.58 Å². The molecule has 1 heterocycles. The molecular weight excluding hydrogens is 226 g/mol. The molecule has 2 aromatic rings. The van der Waals surface area contributed by atoms with Gasteiger partial charge in [-0.2, -0.15) is 0 Å². The smallest absolute Gasteiger partial charge is 0.340 e. The Bertz CT molecular complexity index is 613. The molecule has 0 saturated heterocycles. The highest BCUT2D eigenvalue weighted by atomic mass is 16.4. The van der Waals surface area contributed by atoms with E-state index in [1.807, 2.05) is 24.3 Å². The van der Waals surface area contributed by atoms with Crippen molar-refractivity contribution in [2.45, 2.75) is 19.3 Å². The Hall–Kier alpha value is -1.87. The number of benzene rings is 1. The van der Waals surface area contributed by atoms with Crippen LogP contribution in [0.2, 0.25) is 0 Å². The van der Waals surface area contributed by atoms with Crippen molar-refractivity contribution >= 4 is 11.0 Å². The molecule has 3 heteroatoms. The van der Waals surface area contributed by atoms with Crippen LogP contribution in [0.25, 0.3) is 11.0 Å². The van der Waals surface area contributed by atoms with Crippen molar-refractivity contribution in [1.82, 2.24) is 0 Å². The third-order valence-corrected chi connectivity index (χ3v) is 3.00. The molecule has 1 aromatic carbocycles. The second kappa shape index (κ2) is 5.65. The molecule has 2 rings (SSSR count). The Morgan fingerprint density at radius 1 is 1.28 bits per heavy atom. The summed E-state index contributed by atoms with van der Waals surface area (Å²) in [5.41, 5.74) is 7.69. The van der Waals surface area contributed by atoms with E-state index in [9.17, 15) is 4.79 Å². The number of fused-ring (bicyclic) bond motifs is 1. The Labute approximate surface area is 106 Å². The highest BCUT2D eigenvalue weighted by Gasteiger charge is 2.12. The number of nitrogens with two attached hydrogens (primary N) is 1. The van der Waals surface area contributed by atoms with Crippen LogP contribution in [0.3, 0.4) is 0 Å². The van der Waals surface area contributed by atoms with E-state index in [2.05, 4.69) is 6.58 Å². The standard InChI is InChI=1S/C15H17NO2/c1-2-6-13-11(8-5-10-16)12-7-3-4-9-14(12)18-15(13)17/h2-4,7,9H,1,5-6,8,10,16H2. The van der Waals surface area contributed by atoms with Crippen LogP contribution in [-0.4, -0.2) is 6.54 Å². The van der Waals surface area contributed by atoms with Gasteiger partial charge in [-0.25, -0.2) is 4.79 Å². The Kier molecular flexibility index (Phi) is 3.95. The van der Waals surface area contributed by atoms with E-state index in [4.69, 9.17) is 10.2 Å². The number of rotatable bonds is 5. The highest BCUT2D eigenvalue weighted by molar-refractivity contribution is 5.81. The minimum atomic E-state index is -0.263. The van der Waals surface area contributed by atoms with Crippen molar-refractivity contribution < 1.29 is 4.42 Å². The molecule has 0 aliphatic heterocycles. The number of hydrogen-bond acceptors (Lipinski definition) is 3. The predicted molar refractivity (Wildman–Crippen MR) is 73.8 cm³/mol. The first kappa shape index (κ1) is 12.6. The minimum Gasteiger partial charge on any atom is -0.423 e. The molecule has 0 bridgehead atoms. The Balaban J connectivity index is 2.67. The van der Waals surface area contributed by atoms with E-state index in [1.54, 1.807) is 6.08 Å². The maximum Gasteiger partial charge on any atom is 0.340 e. The molecule has 0 atom stereocenters. The van der Waals surface area contributed by atoms with Gasteiger partial charge in [-0.1, -0.05) is 24.3 Å². The molecule has 18 heavy (non-hydrogen) atoms. The summed E-state index contributed by atoms with van der Waals surface area (Å²) in [6.45, 7) is 4.31. The van der Waals surface area contributed by atoms with Crippen LogP contribution >= 0.6 is 0 Å². The van der Waals surface area contributed by atoms with E-state index in [-0.39, 0.29) is 5.63 Å². The molecule has 0 saturated carbocycles. The van der Waals surface area contributed by atoms with E-state index < -0.39 is 0 Å². The summed E-state index contributed by atoms with van der Waals surface area (Å²) in [4.78, 5) is 12.0. The van der Waals surface area contributed by atoms with Gasteiger partial charge in [0.25, 0.3) is 0 Å². The molecule has 2 N–H and O–H groups in total. The average molecular weight is 243 g/mol. The van der Waals surface area contributed by atoms with Crippen LogP contribution in [0.15, 0.2) is 46.1 Å². The number of para-hydroxylation sites is 1. The SMILES string of the molecule is C=CCc1c(CCCN)c2ccccc2oc1=O. The summed E-state index contributed by atoms with van der Waals surface area (Å²) >= 11 is 0. The highest BCUT2D eigenvalue weighted by Crippen LogP contribution is 2.21. The van der Waals surface area contributed by atoms with E-state index in [1.165, 1.54) is 0 Å². The monoisotopic (exact) mass is 243 g/mol. The summed E-state index contributed by atoms with van der Waals surface area (Å²) in [6, 6.07) is 7.62. The molecule has 0 aliphatic carbocycles. The summed E-state index contributed by atoms with van der Waals surface area (Å²) in [6.07, 6.45) is 3.92. The summed E-state index contributed by atoms with van der Waals surface area (Å²) < 4.78 is 5.33. The Morgan fingerprint density at radius 2 is 2.06 bits per heavy atom. The zero-order valence-corrected chi connectivity index (χ0v) is 10.3. The predicted octanol–water partition coefficient (Wildman–Crippen LogP) is 2.41. The van der Waals surface area contributed by atoms with E-state index >= 15 is 0 Å². The van der Waals surface area contributed by atoms with Gasteiger partial charge in [0.15, 0.2) is 0 Å². The molecule has 0 amide bonds. The van der Waals surface area contributed by atoms with Gasteiger partial charge in [-0.05, 0) is 37.4 Å². The zero-order valence-electron chi connectivity index (χ0n) is 10.3. The fourth-order valence-electron chi connectivity index (χ4n) is 2.17. The van der Waals surface area contributed by atoms with E-state index in [0.717, 1.165) is 23.8 Å². The molecular formula is C15H17NO2. The van der Waals surface area contributed by atoms with Crippen molar-refractivity contribution in [2.75, 3.05) is 6.54 Å². The topological polar surface area (TPSA) is 56.2 Å². The lowest BCUT2D eigenvalue weighted by atomic mass is 9.98. The van der Waals surface area contributed by atoms with Crippen LogP contribution in [0.5, 0.6) is 0 Å². The second-order valence-electron chi connectivity index (χ2n) is 4.23.